The van der Waals surface area contributed by atoms with E-state index in [1.807, 2.05) is 0 Å². The van der Waals surface area contributed by atoms with Crippen molar-refractivity contribution < 1.29 is 24.2 Å². The molecule has 1 unspecified atom stereocenters. The number of methoxy groups -OCH3 is 1. The summed E-state index contributed by atoms with van der Waals surface area (Å²) < 4.78 is 4.27. The molecular formula is C9H16N2O5. The normalized spacial score (nSPS) is 11.4. The van der Waals surface area contributed by atoms with E-state index in [-0.39, 0.29) is 31.3 Å². The van der Waals surface area contributed by atoms with E-state index in [0.717, 1.165) is 0 Å². The summed E-state index contributed by atoms with van der Waals surface area (Å²) in [5, 5.41) is 13.2. The molecule has 0 saturated heterocycles. The Kier molecular flexibility index (Phi) is 6.66. The van der Waals surface area contributed by atoms with Gasteiger partial charge in [0.25, 0.3) is 0 Å². The molecule has 0 aliphatic heterocycles. The van der Waals surface area contributed by atoms with Crippen molar-refractivity contribution in [1.29, 1.82) is 0 Å². The first-order chi connectivity index (χ1) is 7.45. The van der Waals surface area contributed by atoms with Crippen molar-refractivity contribution in [1.82, 2.24) is 10.6 Å². The number of nitrogens with one attached hydrogen (secondary N) is 2. The zero-order valence-electron chi connectivity index (χ0n) is 9.28. The van der Waals surface area contributed by atoms with Gasteiger partial charge < -0.3 is 20.5 Å². The van der Waals surface area contributed by atoms with Crippen LogP contribution in [0.25, 0.3) is 0 Å². The van der Waals surface area contributed by atoms with Crippen molar-refractivity contribution in [2.24, 2.45) is 5.92 Å². The second-order valence-electron chi connectivity index (χ2n) is 3.35. The van der Waals surface area contributed by atoms with Crippen molar-refractivity contribution in [3.05, 3.63) is 0 Å². The van der Waals surface area contributed by atoms with Gasteiger partial charge in [-0.15, -0.1) is 0 Å². The maximum absolute atomic E-state index is 11.1. The highest BCUT2D eigenvalue weighted by Crippen LogP contribution is 1.98. The van der Waals surface area contributed by atoms with Gasteiger partial charge in [-0.2, -0.15) is 0 Å². The molecule has 0 radical (unpaired) electrons. The number of hydrogen-bond donors (Lipinski definition) is 3. The highest BCUT2D eigenvalue weighted by molar-refractivity contribution is 5.82. The van der Waals surface area contributed by atoms with Crippen LogP contribution in [0.1, 0.15) is 13.3 Å². The molecule has 0 aromatic heterocycles. The maximum atomic E-state index is 11.1. The monoisotopic (exact) mass is 232 g/mol. The van der Waals surface area contributed by atoms with Crippen molar-refractivity contribution in [3.8, 4) is 0 Å². The van der Waals surface area contributed by atoms with Gasteiger partial charge in [0, 0.05) is 13.0 Å². The zero-order valence-corrected chi connectivity index (χ0v) is 9.28. The number of alkyl carbamates (subject to hydrolysis) is 1. The Morgan fingerprint density at radius 1 is 1.31 bits per heavy atom. The summed E-state index contributed by atoms with van der Waals surface area (Å²) in [5.41, 5.74) is 0. The molecule has 0 aromatic carbocycles. The summed E-state index contributed by atoms with van der Waals surface area (Å²) in [4.78, 5) is 32.1. The Morgan fingerprint density at radius 2 is 1.94 bits per heavy atom. The average Bonchev–Trinajstić information content (AvgIpc) is 2.22. The molecule has 0 aliphatic rings. The molecule has 92 valence electrons. The number of carbonyl (C=O) groups is 3. The zero-order chi connectivity index (χ0) is 12.6. The first-order valence-corrected chi connectivity index (χ1v) is 4.76. The third kappa shape index (κ3) is 7.60. The number of carbonyl (C=O) groups excluding carboxylic acids is 2. The maximum Gasteiger partial charge on any atom is 0.407 e. The Labute approximate surface area is 93.2 Å². The second kappa shape index (κ2) is 7.49. The Balaban J connectivity index is 3.64. The lowest BCUT2D eigenvalue weighted by Gasteiger charge is -2.10. The van der Waals surface area contributed by atoms with Gasteiger partial charge >= 0.3 is 12.1 Å². The molecule has 0 bridgehead atoms. The highest BCUT2D eigenvalue weighted by Gasteiger charge is 2.09. The smallest absolute Gasteiger partial charge is 0.407 e. The fourth-order valence-electron chi connectivity index (χ4n) is 0.945. The lowest BCUT2D eigenvalue weighted by atomic mass is 10.1. The van der Waals surface area contributed by atoms with Gasteiger partial charge in [0.15, 0.2) is 0 Å². The molecule has 7 nitrogen and oxygen atoms in total. The van der Waals surface area contributed by atoms with Crippen LogP contribution in [0, 0.1) is 5.92 Å². The number of carboxylic acids is 1. The molecule has 2 amide bonds. The number of rotatable bonds is 6. The predicted molar refractivity (Wildman–Crippen MR) is 54.8 cm³/mol. The third-order valence-electron chi connectivity index (χ3n) is 1.75. The minimum absolute atomic E-state index is 0.00922. The van der Waals surface area contributed by atoms with Crippen molar-refractivity contribution in [2.75, 3.05) is 20.2 Å². The summed E-state index contributed by atoms with van der Waals surface area (Å²) in [6.45, 7) is 1.78. The summed E-state index contributed by atoms with van der Waals surface area (Å²) in [6, 6.07) is 0. The number of amides is 2. The number of carboxylic acid groups (broad SMARTS) is 1. The van der Waals surface area contributed by atoms with Crippen molar-refractivity contribution in [3.63, 3.8) is 0 Å². The second-order valence-corrected chi connectivity index (χ2v) is 3.35. The Hall–Kier alpha value is -1.79. The topological polar surface area (TPSA) is 105 Å². The van der Waals surface area contributed by atoms with E-state index in [1.54, 1.807) is 6.92 Å². The van der Waals surface area contributed by atoms with Gasteiger partial charge in [0.2, 0.25) is 5.91 Å². The van der Waals surface area contributed by atoms with E-state index >= 15 is 0 Å². The van der Waals surface area contributed by atoms with E-state index in [0.29, 0.717) is 0 Å². The third-order valence-corrected chi connectivity index (χ3v) is 1.75. The van der Waals surface area contributed by atoms with Crippen LogP contribution in [0.3, 0.4) is 0 Å². The van der Waals surface area contributed by atoms with E-state index < -0.39 is 12.1 Å². The van der Waals surface area contributed by atoms with Gasteiger partial charge in [-0.1, -0.05) is 6.92 Å². The molecule has 3 N–H and O–H groups in total. The van der Waals surface area contributed by atoms with Crippen LogP contribution < -0.4 is 10.6 Å². The molecule has 1 atom stereocenters. The van der Waals surface area contributed by atoms with Gasteiger partial charge in [-0.3, -0.25) is 9.59 Å². The van der Waals surface area contributed by atoms with Crippen LogP contribution in [-0.2, 0) is 14.3 Å². The van der Waals surface area contributed by atoms with Gasteiger partial charge in [0.05, 0.1) is 13.7 Å². The van der Waals surface area contributed by atoms with E-state index in [2.05, 4.69) is 15.4 Å². The molecule has 0 aromatic rings. The van der Waals surface area contributed by atoms with Gasteiger partial charge in [0.1, 0.15) is 0 Å². The van der Waals surface area contributed by atoms with E-state index in [4.69, 9.17) is 5.11 Å². The number of hydrogen-bond acceptors (Lipinski definition) is 4. The molecule has 0 heterocycles. The van der Waals surface area contributed by atoms with Gasteiger partial charge in [-0.05, 0) is 5.92 Å². The van der Waals surface area contributed by atoms with Crippen LogP contribution in [0.4, 0.5) is 4.79 Å². The largest absolute Gasteiger partial charge is 0.481 e. The minimum Gasteiger partial charge on any atom is -0.481 e. The molecule has 7 heteroatoms. The van der Waals surface area contributed by atoms with Crippen LogP contribution >= 0.6 is 0 Å². The van der Waals surface area contributed by atoms with Crippen LogP contribution in [-0.4, -0.2) is 43.3 Å². The minimum atomic E-state index is -0.908. The lowest BCUT2D eigenvalue weighted by molar-refractivity contribution is -0.138. The summed E-state index contributed by atoms with van der Waals surface area (Å²) in [7, 11) is 1.20. The molecular weight excluding hydrogens is 216 g/mol. The standard InChI is InChI=1S/C9H16N2O5/c1-6(3-8(13)14)4-10-7(12)5-11-9(15)16-2/h6H,3-5H2,1-2H3,(H,10,12)(H,11,15)(H,13,14). The van der Waals surface area contributed by atoms with Crippen molar-refractivity contribution in [2.45, 2.75) is 13.3 Å². The predicted octanol–water partition coefficient (Wildman–Crippen LogP) is -0.431. The Morgan fingerprint density at radius 3 is 2.44 bits per heavy atom. The molecule has 0 spiro atoms. The summed E-state index contributed by atoms with van der Waals surface area (Å²) in [5.74, 6) is -1.45. The summed E-state index contributed by atoms with van der Waals surface area (Å²) in [6.07, 6.45) is -0.696. The average molecular weight is 232 g/mol. The van der Waals surface area contributed by atoms with Crippen molar-refractivity contribution >= 4 is 18.0 Å². The van der Waals surface area contributed by atoms with Gasteiger partial charge in [-0.25, -0.2) is 4.79 Å². The SMILES string of the molecule is COC(=O)NCC(=O)NCC(C)CC(=O)O. The number of aliphatic carboxylic acids is 1. The first kappa shape index (κ1) is 14.2. The fraction of sp³-hybridized carbons (Fsp3) is 0.667. The first-order valence-electron chi connectivity index (χ1n) is 4.76. The van der Waals surface area contributed by atoms with Crippen LogP contribution in [0.15, 0.2) is 0 Å². The molecule has 0 rings (SSSR count). The fourth-order valence-corrected chi connectivity index (χ4v) is 0.945. The lowest BCUT2D eigenvalue weighted by Crippen LogP contribution is -2.38. The van der Waals surface area contributed by atoms with Crippen LogP contribution in [0.5, 0.6) is 0 Å². The quantitative estimate of drug-likeness (QED) is 0.576. The van der Waals surface area contributed by atoms with E-state index in [1.165, 1.54) is 7.11 Å². The highest BCUT2D eigenvalue weighted by atomic mass is 16.5. The molecule has 0 fully saturated rings. The summed E-state index contributed by atoms with van der Waals surface area (Å²) >= 11 is 0. The van der Waals surface area contributed by atoms with E-state index in [9.17, 15) is 14.4 Å². The Bertz CT molecular complexity index is 267. The number of ether oxygens (including phenoxy) is 1. The molecule has 0 saturated carbocycles. The molecule has 16 heavy (non-hydrogen) atoms. The van der Waals surface area contributed by atoms with Crippen LogP contribution in [0.2, 0.25) is 0 Å². The molecule has 0 aliphatic carbocycles.